The van der Waals surface area contributed by atoms with Crippen molar-refractivity contribution in [2.24, 2.45) is 0 Å². The Kier molecular flexibility index (Phi) is 6.34. The van der Waals surface area contributed by atoms with E-state index < -0.39 is 11.8 Å². The zero-order valence-corrected chi connectivity index (χ0v) is 16.2. The van der Waals surface area contributed by atoms with E-state index in [0.29, 0.717) is 18.8 Å². The monoisotopic (exact) mass is 397 g/mol. The summed E-state index contributed by atoms with van der Waals surface area (Å²) in [6.07, 6.45) is 2.44. The minimum Gasteiger partial charge on any atom is -0.480 e. The van der Waals surface area contributed by atoms with Crippen molar-refractivity contribution in [2.75, 3.05) is 37.6 Å². The van der Waals surface area contributed by atoms with Gasteiger partial charge in [0.1, 0.15) is 5.82 Å². The van der Waals surface area contributed by atoms with Crippen molar-refractivity contribution < 1.29 is 19.1 Å². The van der Waals surface area contributed by atoms with Crippen molar-refractivity contribution in [1.82, 2.24) is 9.80 Å². The molecule has 2 aliphatic heterocycles. The predicted molar refractivity (Wildman–Crippen MR) is 102 cm³/mol. The Hall–Kier alpha value is -1.70. The van der Waals surface area contributed by atoms with Gasteiger partial charge < -0.3 is 10.0 Å². The molecule has 0 spiro atoms. The standard InChI is InChI=1S/C19H25ClFN3O3/c1-2-22(12-18(25)26)13-5-8-23(9-6-13)17-7-10-24(19(17)27)14-3-4-16(21)15(20)11-14/h3-4,11,13,17H,2,5-10,12H2,1H3,(H,25,26). The second-order valence-corrected chi connectivity index (χ2v) is 7.52. The molecule has 1 amide bonds. The molecule has 0 saturated carbocycles. The largest absolute Gasteiger partial charge is 0.480 e. The summed E-state index contributed by atoms with van der Waals surface area (Å²) in [7, 11) is 0. The van der Waals surface area contributed by atoms with E-state index in [0.717, 1.165) is 32.4 Å². The fourth-order valence-corrected chi connectivity index (χ4v) is 4.32. The lowest BCUT2D eigenvalue weighted by Gasteiger charge is -2.39. The van der Waals surface area contributed by atoms with Gasteiger partial charge in [-0.25, -0.2) is 4.39 Å². The van der Waals surface area contributed by atoms with Crippen molar-refractivity contribution in [2.45, 2.75) is 38.3 Å². The summed E-state index contributed by atoms with van der Waals surface area (Å²) < 4.78 is 13.4. The third kappa shape index (κ3) is 4.42. The van der Waals surface area contributed by atoms with E-state index in [1.807, 2.05) is 11.8 Å². The first-order chi connectivity index (χ1) is 12.9. The van der Waals surface area contributed by atoms with E-state index in [1.54, 1.807) is 11.0 Å². The minimum absolute atomic E-state index is 0.0163. The smallest absolute Gasteiger partial charge is 0.317 e. The summed E-state index contributed by atoms with van der Waals surface area (Å²) in [5, 5.41) is 9.06. The van der Waals surface area contributed by atoms with Gasteiger partial charge in [0.05, 0.1) is 17.6 Å². The number of hydrogen-bond donors (Lipinski definition) is 1. The van der Waals surface area contributed by atoms with Crippen LogP contribution in [0.5, 0.6) is 0 Å². The summed E-state index contributed by atoms with van der Waals surface area (Å²) in [5.41, 5.74) is 0.627. The maximum absolute atomic E-state index is 13.4. The van der Waals surface area contributed by atoms with Gasteiger partial charge in [-0.05, 0) is 44.0 Å². The van der Waals surface area contributed by atoms with Crippen molar-refractivity contribution in [3.8, 4) is 0 Å². The number of aliphatic carboxylic acids is 1. The van der Waals surface area contributed by atoms with Crippen LogP contribution in [-0.2, 0) is 9.59 Å². The molecule has 2 aliphatic rings. The van der Waals surface area contributed by atoms with Crippen LogP contribution in [0, 0.1) is 5.82 Å². The summed E-state index contributed by atoms with van der Waals surface area (Å²) in [4.78, 5) is 29.7. The van der Waals surface area contributed by atoms with Crippen LogP contribution in [0.1, 0.15) is 26.2 Å². The number of carbonyl (C=O) groups is 2. The molecule has 1 N–H and O–H groups in total. The molecule has 1 unspecified atom stereocenters. The van der Waals surface area contributed by atoms with Gasteiger partial charge in [-0.1, -0.05) is 18.5 Å². The van der Waals surface area contributed by atoms with Crippen LogP contribution in [-0.4, -0.2) is 71.6 Å². The van der Waals surface area contributed by atoms with Gasteiger partial charge in [-0.2, -0.15) is 0 Å². The van der Waals surface area contributed by atoms with Crippen LogP contribution in [0.3, 0.4) is 0 Å². The maximum atomic E-state index is 13.4. The number of rotatable bonds is 6. The number of benzene rings is 1. The third-order valence-corrected chi connectivity index (χ3v) is 5.88. The molecule has 2 fully saturated rings. The molecule has 27 heavy (non-hydrogen) atoms. The first-order valence-electron chi connectivity index (χ1n) is 9.37. The van der Waals surface area contributed by atoms with Gasteiger partial charge in [0.25, 0.3) is 0 Å². The van der Waals surface area contributed by atoms with E-state index in [2.05, 4.69) is 4.90 Å². The second-order valence-electron chi connectivity index (χ2n) is 7.12. The number of likely N-dealkylation sites (tertiary alicyclic amines) is 1. The Balaban J connectivity index is 1.60. The first-order valence-corrected chi connectivity index (χ1v) is 9.74. The van der Waals surface area contributed by atoms with E-state index >= 15 is 0 Å². The lowest BCUT2D eigenvalue weighted by Crippen LogP contribution is -2.51. The Morgan fingerprint density at radius 3 is 2.59 bits per heavy atom. The molecule has 6 nitrogen and oxygen atoms in total. The maximum Gasteiger partial charge on any atom is 0.317 e. The Morgan fingerprint density at radius 1 is 1.30 bits per heavy atom. The van der Waals surface area contributed by atoms with Crippen LogP contribution in [0.15, 0.2) is 18.2 Å². The van der Waals surface area contributed by atoms with Crippen molar-refractivity contribution in [3.63, 3.8) is 0 Å². The van der Waals surface area contributed by atoms with Gasteiger partial charge >= 0.3 is 5.97 Å². The Morgan fingerprint density at radius 2 is 2.00 bits per heavy atom. The molecule has 3 rings (SSSR count). The molecule has 148 valence electrons. The fraction of sp³-hybridized carbons (Fsp3) is 0.579. The Labute approximate surface area is 163 Å². The molecule has 0 aromatic heterocycles. The highest BCUT2D eigenvalue weighted by molar-refractivity contribution is 6.31. The van der Waals surface area contributed by atoms with E-state index in [9.17, 15) is 14.0 Å². The van der Waals surface area contributed by atoms with Crippen LogP contribution >= 0.6 is 11.6 Å². The molecule has 0 radical (unpaired) electrons. The highest BCUT2D eigenvalue weighted by Gasteiger charge is 2.38. The SMILES string of the molecule is CCN(CC(=O)O)C1CCN(C2CCN(c3ccc(F)c(Cl)c3)C2=O)CC1. The number of hydrogen-bond acceptors (Lipinski definition) is 4. The highest BCUT2D eigenvalue weighted by Crippen LogP contribution is 2.29. The van der Waals surface area contributed by atoms with Gasteiger partial charge in [-0.3, -0.25) is 19.4 Å². The average Bonchev–Trinajstić information content (AvgIpc) is 3.03. The lowest BCUT2D eigenvalue weighted by atomic mass is 10.0. The van der Waals surface area contributed by atoms with Gasteiger partial charge in [0.2, 0.25) is 5.91 Å². The van der Waals surface area contributed by atoms with Gasteiger partial charge in [0, 0.05) is 31.4 Å². The van der Waals surface area contributed by atoms with E-state index in [4.69, 9.17) is 16.7 Å². The third-order valence-electron chi connectivity index (χ3n) is 5.59. The number of carboxylic acid groups (broad SMARTS) is 1. The molecule has 2 saturated heterocycles. The molecular formula is C19H25ClFN3O3. The zero-order chi connectivity index (χ0) is 19.6. The number of nitrogens with zero attached hydrogens (tertiary/aromatic N) is 3. The van der Waals surface area contributed by atoms with Crippen molar-refractivity contribution >= 4 is 29.2 Å². The summed E-state index contributed by atoms with van der Waals surface area (Å²) in [5.74, 6) is -1.28. The van der Waals surface area contributed by atoms with Crippen LogP contribution < -0.4 is 4.90 Å². The molecule has 0 aliphatic carbocycles. The Bertz CT molecular complexity index is 709. The lowest BCUT2D eigenvalue weighted by molar-refractivity contribution is -0.139. The van der Waals surface area contributed by atoms with Gasteiger partial charge in [-0.15, -0.1) is 0 Å². The number of halogens is 2. The quantitative estimate of drug-likeness (QED) is 0.798. The molecule has 1 atom stereocenters. The number of anilines is 1. The molecule has 1 aromatic carbocycles. The number of carboxylic acids is 1. The second kappa shape index (κ2) is 8.54. The number of piperidine rings is 1. The van der Waals surface area contributed by atoms with Crippen molar-refractivity contribution in [3.05, 3.63) is 29.0 Å². The molecule has 1 aromatic rings. The zero-order valence-electron chi connectivity index (χ0n) is 15.4. The first kappa shape index (κ1) is 20.0. The van der Waals surface area contributed by atoms with Crippen LogP contribution in [0.2, 0.25) is 5.02 Å². The number of likely N-dealkylation sites (N-methyl/N-ethyl adjacent to an activating group) is 1. The number of carbonyl (C=O) groups excluding carboxylic acids is 1. The highest BCUT2D eigenvalue weighted by atomic mass is 35.5. The molecular weight excluding hydrogens is 373 g/mol. The topological polar surface area (TPSA) is 64.1 Å². The van der Waals surface area contributed by atoms with Gasteiger partial charge in [0.15, 0.2) is 0 Å². The number of amides is 1. The minimum atomic E-state index is -0.807. The summed E-state index contributed by atoms with van der Waals surface area (Å²) in [6, 6.07) is 4.42. The average molecular weight is 398 g/mol. The van der Waals surface area contributed by atoms with E-state index in [1.165, 1.54) is 12.1 Å². The summed E-state index contributed by atoms with van der Waals surface area (Å²) >= 11 is 5.85. The molecule has 2 heterocycles. The summed E-state index contributed by atoms with van der Waals surface area (Å²) in [6.45, 7) is 4.87. The van der Waals surface area contributed by atoms with Crippen LogP contribution in [0.25, 0.3) is 0 Å². The predicted octanol–water partition coefficient (Wildman–Crippen LogP) is 2.46. The normalized spacial score (nSPS) is 22.0. The van der Waals surface area contributed by atoms with E-state index in [-0.39, 0.29) is 29.6 Å². The molecule has 8 heteroatoms. The molecule has 0 bridgehead atoms. The van der Waals surface area contributed by atoms with Crippen LogP contribution in [0.4, 0.5) is 10.1 Å². The van der Waals surface area contributed by atoms with Crippen molar-refractivity contribution in [1.29, 1.82) is 0 Å². The fourth-order valence-electron chi connectivity index (χ4n) is 4.15.